The zero-order valence-corrected chi connectivity index (χ0v) is 13.3. The molecule has 19 heavy (non-hydrogen) atoms. The van der Waals surface area contributed by atoms with Crippen LogP contribution in [0.25, 0.3) is 0 Å². The number of rotatable bonds is 6. The first-order valence-corrected chi connectivity index (χ1v) is 8.75. The molecule has 0 bridgehead atoms. The van der Waals surface area contributed by atoms with Gasteiger partial charge in [0, 0.05) is 23.5 Å². The standard InChI is InChI=1S/C15H27N3S/c1-4-15(5-2,19-3)11-18-12-16-10-14(18)13-8-6-7-9-17-13/h10,12-13,17H,4-9,11H2,1-3H3. The van der Waals surface area contributed by atoms with E-state index in [1.807, 2.05) is 18.1 Å². The van der Waals surface area contributed by atoms with Crippen molar-refractivity contribution in [1.82, 2.24) is 14.9 Å². The van der Waals surface area contributed by atoms with Crippen LogP contribution < -0.4 is 5.32 Å². The Morgan fingerprint density at radius 2 is 2.21 bits per heavy atom. The smallest absolute Gasteiger partial charge is 0.0949 e. The molecular formula is C15H27N3S. The zero-order valence-electron chi connectivity index (χ0n) is 12.5. The fourth-order valence-electron chi connectivity index (χ4n) is 2.99. The second-order valence-electron chi connectivity index (χ2n) is 5.54. The molecule has 1 aromatic rings. The molecule has 1 aliphatic heterocycles. The molecule has 1 fully saturated rings. The summed E-state index contributed by atoms with van der Waals surface area (Å²) in [5.74, 6) is 0. The second-order valence-corrected chi connectivity index (χ2v) is 6.82. The fraction of sp³-hybridized carbons (Fsp3) is 0.800. The van der Waals surface area contributed by atoms with Crippen molar-refractivity contribution in [2.45, 2.75) is 63.3 Å². The van der Waals surface area contributed by atoms with Gasteiger partial charge in [0.05, 0.1) is 12.0 Å². The summed E-state index contributed by atoms with van der Waals surface area (Å²) >= 11 is 2.00. The Morgan fingerprint density at radius 1 is 1.42 bits per heavy atom. The first kappa shape index (κ1) is 14.9. The molecule has 1 aliphatic rings. The van der Waals surface area contributed by atoms with E-state index in [1.54, 1.807) is 0 Å². The summed E-state index contributed by atoms with van der Waals surface area (Å²) in [7, 11) is 0. The summed E-state index contributed by atoms with van der Waals surface area (Å²) in [6.07, 6.45) is 12.6. The van der Waals surface area contributed by atoms with Crippen molar-refractivity contribution in [1.29, 1.82) is 0 Å². The summed E-state index contributed by atoms with van der Waals surface area (Å²) in [5, 5.41) is 3.63. The van der Waals surface area contributed by atoms with Gasteiger partial charge in [-0.1, -0.05) is 20.3 Å². The molecule has 3 nitrogen and oxygen atoms in total. The number of thioether (sulfide) groups is 1. The van der Waals surface area contributed by atoms with Crippen molar-refractivity contribution in [2.24, 2.45) is 0 Å². The molecule has 0 radical (unpaired) electrons. The third-order valence-corrected chi connectivity index (χ3v) is 6.16. The summed E-state index contributed by atoms with van der Waals surface area (Å²) in [5.41, 5.74) is 1.38. The predicted molar refractivity (Wildman–Crippen MR) is 83.6 cm³/mol. The van der Waals surface area contributed by atoms with Crippen LogP contribution in [0.3, 0.4) is 0 Å². The Balaban J connectivity index is 2.14. The number of hydrogen-bond acceptors (Lipinski definition) is 3. The van der Waals surface area contributed by atoms with E-state index in [9.17, 15) is 0 Å². The molecule has 2 rings (SSSR count). The number of piperidine rings is 1. The van der Waals surface area contributed by atoms with Crippen molar-refractivity contribution < 1.29 is 0 Å². The highest BCUT2D eigenvalue weighted by Gasteiger charge is 2.27. The number of hydrogen-bond donors (Lipinski definition) is 1. The highest BCUT2D eigenvalue weighted by Crippen LogP contribution is 2.33. The maximum atomic E-state index is 4.40. The van der Waals surface area contributed by atoms with E-state index in [0.717, 1.165) is 13.1 Å². The van der Waals surface area contributed by atoms with Gasteiger partial charge in [0.1, 0.15) is 0 Å². The summed E-state index contributed by atoms with van der Waals surface area (Å²) in [6, 6.07) is 0.504. The van der Waals surface area contributed by atoms with Crippen molar-refractivity contribution in [3.8, 4) is 0 Å². The monoisotopic (exact) mass is 281 g/mol. The second kappa shape index (κ2) is 6.80. The molecular weight excluding hydrogens is 254 g/mol. The highest BCUT2D eigenvalue weighted by molar-refractivity contribution is 8.00. The number of imidazole rings is 1. The average Bonchev–Trinajstić information content (AvgIpc) is 2.94. The quantitative estimate of drug-likeness (QED) is 0.863. The van der Waals surface area contributed by atoms with Gasteiger partial charge in [-0.2, -0.15) is 11.8 Å². The fourth-order valence-corrected chi connectivity index (χ4v) is 3.84. The Kier molecular flexibility index (Phi) is 5.34. The van der Waals surface area contributed by atoms with Crippen LogP contribution in [0.15, 0.2) is 12.5 Å². The predicted octanol–water partition coefficient (Wildman–Crippen LogP) is 3.62. The van der Waals surface area contributed by atoms with Crippen LogP contribution in [0.2, 0.25) is 0 Å². The summed E-state index contributed by atoms with van der Waals surface area (Å²) in [4.78, 5) is 4.40. The van der Waals surface area contributed by atoms with Gasteiger partial charge in [0.2, 0.25) is 0 Å². The largest absolute Gasteiger partial charge is 0.332 e. The van der Waals surface area contributed by atoms with Gasteiger partial charge in [0.15, 0.2) is 0 Å². The van der Waals surface area contributed by atoms with Crippen LogP contribution in [0.5, 0.6) is 0 Å². The Bertz CT molecular complexity index is 370. The lowest BCUT2D eigenvalue weighted by molar-refractivity contribution is 0.379. The molecule has 0 aromatic carbocycles. The van der Waals surface area contributed by atoms with Crippen LogP contribution in [0.1, 0.15) is 57.7 Å². The van der Waals surface area contributed by atoms with Crippen molar-refractivity contribution in [3.05, 3.63) is 18.2 Å². The van der Waals surface area contributed by atoms with Gasteiger partial charge in [-0.15, -0.1) is 0 Å². The molecule has 1 unspecified atom stereocenters. The van der Waals surface area contributed by atoms with E-state index in [-0.39, 0.29) is 0 Å². The molecule has 1 N–H and O–H groups in total. The number of nitrogens with zero attached hydrogens (tertiary/aromatic N) is 2. The van der Waals surface area contributed by atoms with Crippen molar-refractivity contribution >= 4 is 11.8 Å². The molecule has 4 heteroatoms. The van der Waals surface area contributed by atoms with Gasteiger partial charge in [-0.25, -0.2) is 4.98 Å². The molecule has 0 saturated carbocycles. The Morgan fingerprint density at radius 3 is 2.79 bits per heavy atom. The highest BCUT2D eigenvalue weighted by atomic mass is 32.2. The molecule has 0 aliphatic carbocycles. The number of nitrogens with one attached hydrogen (secondary N) is 1. The molecule has 0 amide bonds. The van der Waals surface area contributed by atoms with Crippen LogP contribution in [0, 0.1) is 0 Å². The molecule has 108 valence electrons. The molecule has 1 atom stereocenters. The lowest BCUT2D eigenvalue weighted by Gasteiger charge is -2.32. The minimum Gasteiger partial charge on any atom is -0.332 e. The van der Waals surface area contributed by atoms with Crippen molar-refractivity contribution in [2.75, 3.05) is 12.8 Å². The SMILES string of the molecule is CCC(CC)(Cn1cncc1C1CCCCN1)SC. The third kappa shape index (κ3) is 3.34. The normalized spacial score (nSPS) is 20.7. The lowest BCUT2D eigenvalue weighted by atomic mass is 10.00. The van der Waals surface area contributed by atoms with Crippen LogP contribution >= 0.6 is 11.8 Å². The minimum atomic E-state index is 0.351. The number of aromatic nitrogens is 2. The van der Waals surface area contributed by atoms with Crippen molar-refractivity contribution in [3.63, 3.8) is 0 Å². The summed E-state index contributed by atoms with van der Waals surface area (Å²) < 4.78 is 2.73. The molecule has 0 spiro atoms. The van der Waals surface area contributed by atoms with E-state index in [1.165, 1.54) is 37.8 Å². The first-order valence-electron chi connectivity index (χ1n) is 7.53. The maximum absolute atomic E-state index is 4.40. The average molecular weight is 281 g/mol. The van der Waals surface area contributed by atoms with Gasteiger partial charge in [0.25, 0.3) is 0 Å². The Labute approximate surface area is 121 Å². The zero-order chi connectivity index (χ0) is 13.7. The minimum absolute atomic E-state index is 0.351. The Hall–Kier alpha value is -0.480. The topological polar surface area (TPSA) is 29.9 Å². The van der Waals surface area contributed by atoms with E-state index in [4.69, 9.17) is 0 Å². The molecule has 1 aromatic heterocycles. The van der Waals surface area contributed by atoms with Gasteiger partial charge < -0.3 is 9.88 Å². The maximum Gasteiger partial charge on any atom is 0.0949 e. The van der Waals surface area contributed by atoms with E-state index in [2.05, 4.69) is 41.2 Å². The molecule has 2 heterocycles. The van der Waals surface area contributed by atoms with Gasteiger partial charge in [-0.3, -0.25) is 0 Å². The lowest BCUT2D eigenvalue weighted by Crippen LogP contribution is -2.33. The summed E-state index contributed by atoms with van der Waals surface area (Å²) in [6.45, 7) is 6.82. The van der Waals surface area contributed by atoms with Crippen LogP contribution in [0.4, 0.5) is 0 Å². The van der Waals surface area contributed by atoms with E-state index < -0.39 is 0 Å². The first-order chi connectivity index (χ1) is 9.24. The van der Waals surface area contributed by atoms with Gasteiger partial charge >= 0.3 is 0 Å². The van der Waals surface area contributed by atoms with E-state index in [0.29, 0.717) is 10.8 Å². The van der Waals surface area contributed by atoms with E-state index >= 15 is 0 Å². The van der Waals surface area contributed by atoms with Crippen LogP contribution in [-0.4, -0.2) is 27.1 Å². The molecule has 1 saturated heterocycles. The van der Waals surface area contributed by atoms with Gasteiger partial charge in [-0.05, 0) is 38.5 Å². The van der Waals surface area contributed by atoms with Crippen LogP contribution in [-0.2, 0) is 6.54 Å². The third-order valence-electron chi connectivity index (χ3n) is 4.59.